The monoisotopic (exact) mass is 337 g/mol. The number of halogens is 1. The Morgan fingerprint density at radius 1 is 1.22 bits per heavy atom. The Kier molecular flexibility index (Phi) is 4.66. The van der Waals surface area contributed by atoms with E-state index in [0.717, 1.165) is 25.9 Å². The minimum Gasteiger partial charge on any atom is -0.369 e. The smallest absolute Gasteiger partial charge is 0.274 e. The van der Waals surface area contributed by atoms with Crippen LogP contribution in [0, 0.1) is 5.92 Å². The second-order valence-electron chi connectivity index (χ2n) is 6.05. The number of piperidine rings is 1. The summed E-state index contributed by atoms with van der Waals surface area (Å²) in [5.74, 6) is -0.383. The van der Waals surface area contributed by atoms with Crippen molar-refractivity contribution in [2.45, 2.75) is 25.7 Å². The molecule has 7 nitrogen and oxygen atoms in total. The predicted octanol–water partition coefficient (Wildman–Crippen LogP) is 1.07. The number of carbonyl (C=O) groups is 2. The fraction of sp³-hybridized carbons (Fsp3) is 0.600. The van der Waals surface area contributed by atoms with Crippen LogP contribution in [0.25, 0.3) is 0 Å². The Balaban J connectivity index is 1.78. The van der Waals surface area contributed by atoms with Crippen LogP contribution in [0.4, 0.5) is 5.95 Å². The van der Waals surface area contributed by atoms with Gasteiger partial charge in [0, 0.05) is 26.2 Å². The topological polar surface area (TPSA) is 92.4 Å². The molecule has 0 radical (unpaired) electrons. The van der Waals surface area contributed by atoms with Crippen molar-refractivity contribution in [3.8, 4) is 0 Å². The lowest BCUT2D eigenvalue weighted by molar-refractivity contribution is -0.121. The number of hydrogen-bond acceptors (Lipinski definition) is 5. The number of aromatic nitrogens is 2. The van der Waals surface area contributed by atoms with Crippen molar-refractivity contribution in [1.82, 2.24) is 14.9 Å². The van der Waals surface area contributed by atoms with E-state index in [2.05, 4.69) is 14.9 Å². The molecule has 1 aromatic heterocycles. The maximum absolute atomic E-state index is 12.7. The molecule has 0 bridgehead atoms. The molecule has 23 heavy (non-hydrogen) atoms. The number of primary amides is 1. The molecule has 2 aliphatic rings. The van der Waals surface area contributed by atoms with Gasteiger partial charge in [-0.1, -0.05) is 11.6 Å². The molecule has 3 heterocycles. The molecular weight excluding hydrogens is 318 g/mol. The van der Waals surface area contributed by atoms with E-state index in [9.17, 15) is 9.59 Å². The van der Waals surface area contributed by atoms with Crippen LogP contribution in [-0.2, 0) is 4.79 Å². The number of rotatable bonds is 3. The number of hydrogen-bond donors (Lipinski definition) is 1. The molecule has 124 valence electrons. The Morgan fingerprint density at radius 2 is 1.96 bits per heavy atom. The van der Waals surface area contributed by atoms with Crippen molar-refractivity contribution in [2.75, 3.05) is 31.1 Å². The number of nitrogens with zero attached hydrogens (tertiary/aromatic N) is 4. The summed E-state index contributed by atoms with van der Waals surface area (Å²) >= 11 is 6.12. The van der Waals surface area contributed by atoms with Crippen LogP contribution in [0.3, 0.4) is 0 Å². The van der Waals surface area contributed by atoms with Gasteiger partial charge in [-0.15, -0.1) is 0 Å². The first-order valence-electron chi connectivity index (χ1n) is 7.92. The quantitative estimate of drug-likeness (QED) is 0.890. The third-order valence-electron chi connectivity index (χ3n) is 4.45. The van der Waals surface area contributed by atoms with E-state index < -0.39 is 0 Å². The minimum atomic E-state index is -0.372. The Morgan fingerprint density at radius 3 is 2.61 bits per heavy atom. The van der Waals surface area contributed by atoms with Crippen molar-refractivity contribution in [3.63, 3.8) is 0 Å². The van der Waals surface area contributed by atoms with Gasteiger partial charge in [0.25, 0.3) is 5.91 Å². The molecule has 2 N–H and O–H groups in total. The molecule has 2 amide bonds. The molecular formula is C15H20ClN5O2. The Hall–Kier alpha value is -1.89. The molecule has 0 aliphatic carbocycles. The summed E-state index contributed by atoms with van der Waals surface area (Å²) in [5, 5.41) is 0.235. The molecule has 2 fully saturated rings. The van der Waals surface area contributed by atoms with E-state index in [0.29, 0.717) is 25.5 Å². The summed E-state index contributed by atoms with van der Waals surface area (Å²) in [4.78, 5) is 36.2. The zero-order valence-corrected chi connectivity index (χ0v) is 13.6. The van der Waals surface area contributed by atoms with Gasteiger partial charge in [0.2, 0.25) is 11.9 Å². The maximum Gasteiger partial charge on any atom is 0.274 e. The van der Waals surface area contributed by atoms with Gasteiger partial charge in [0.15, 0.2) is 5.69 Å². The Bertz CT molecular complexity index is 618. The number of amides is 2. The van der Waals surface area contributed by atoms with E-state index in [1.54, 1.807) is 4.90 Å². The van der Waals surface area contributed by atoms with Gasteiger partial charge in [-0.3, -0.25) is 9.59 Å². The number of likely N-dealkylation sites (tertiary alicyclic amines) is 1. The highest BCUT2D eigenvalue weighted by Gasteiger charge is 2.32. The summed E-state index contributed by atoms with van der Waals surface area (Å²) in [6.07, 6.45) is 5.47. The van der Waals surface area contributed by atoms with Gasteiger partial charge in [0.1, 0.15) is 0 Å². The average Bonchev–Trinajstić information content (AvgIpc) is 3.06. The van der Waals surface area contributed by atoms with Gasteiger partial charge in [-0.2, -0.15) is 0 Å². The van der Waals surface area contributed by atoms with Crippen LogP contribution in [0.1, 0.15) is 36.2 Å². The van der Waals surface area contributed by atoms with Gasteiger partial charge in [0.05, 0.1) is 17.1 Å². The van der Waals surface area contributed by atoms with Gasteiger partial charge >= 0.3 is 0 Å². The van der Waals surface area contributed by atoms with E-state index in [-0.39, 0.29) is 28.4 Å². The van der Waals surface area contributed by atoms with E-state index in [1.165, 1.54) is 12.6 Å². The molecule has 2 aliphatic heterocycles. The molecule has 0 unspecified atom stereocenters. The predicted molar refractivity (Wildman–Crippen MR) is 86.3 cm³/mol. The van der Waals surface area contributed by atoms with Crippen molar-refractivity contribution in [1.29, 1.82) is 0 Å². The van der Waals surface area contributed by atoms with Gasteiger partial charge in [-0.05, 0) is 25.7 Å². The van der Waals surface area contributed by atoms with Crippen LogP contribution in [0.15, 0.2) is 6.20 Å². The fourth-order valence-corrected chi connectivity index (χ4v) is 3.25. The van der Waals surface area contributed by atoms with Crippen molar-refractivity contribution >= 4 is 29.4 Å². The van der Waals surface area contributed by atoms with Crippen LogP contribution in [0.5, 0.6) is 0 Å². The minimum absolute atomic E-state index is 0.201. The molecule has 0 saturated carbocycles. The molecule has 3 rings (SSSR count). The van der Waals surface area contributed by atoms with Crippen molar-refractivity contribution < 1.29 is 9.59 Å². The van der Waals surface area contributed by atoms with Crippen LogP contribution in [0.2, 0.25) is 5.02 Å². The van der Waals surface area contributed by atoms with Crippen molar-refractivity contribution in [2.24, 2.45) is 11.7 Å². The molecule has 0 aromatic carbocycles. The first kappa shape index (κ1) is 16.0. The second-order valence-corrected chi connectivity index (χ2v) is 6.46. The molecule has 1 aromatic rings. The lowest BCUT2D eigenvalue weighted by Gasteiger charge is -2.27. The summed E-state index contributed by atoms with van der Waals surface area (Å²) in [6.45, 7) is 2.60. The first-order chi connectivity index (χ1) is 11.1. The molecule has 8 heteroatoms. The van der Waals surface area contributed by atoms with E-state index >= 15 is 0 Å². The molecule has 0 spiro atoms. The molecule has 1 atom stereocenters. The van der Waals surface area contributed by atoms with E-state index in [4.69, 9.17) is 17.3 Å². The number of carbonyl (C=O) groups excluding carboxylic acids is 2. The number of nitrogens with two attached hydrogens (primary N) is 1. The standard InChI is InChI=1S/C15H20ClN5O2/c16-11-8-18-15(20-5-2-1-3-6-20)19-12(11)14(23)21-7-4-10(9-21)13(17)22/h8,10H,1-7,9H2,(H2,17,22)/t10-/m0/s1. The van der Waals surface area contributed by atoms with Gasteiger partial charge in [-0.25, -0.2) is 9.97 Å². The maximum atomic E-state index is 12.7. The molecule has 2 saturated heterocycles. The second kappa shape index (κ2) is 6.70. The van der Waals surface area contributed by atoms with Crippen LogP contribution in [-0.4, -0.2) is 52.9 Å². The van der Waals surface area contributed by atoms with Crippen molar-refractivity contribution in [3.05, 3.63) is 16.9 Å². The highest BCUT2D eigenvalue weighted by molar-refractivity contribution is 6.33. The number of anilines is 1. The summed E-state index contributed by atoms with van der Waals surface area (Å²) < 4.78 is 0. The summed E-state index contributed by atoms with van der Waals surface area (Å²) in [5.41, 5.74) is 5.52. The van der Waals surface area contributed by atoms with Crippen LogP contribution < -0.4 is 10.6 Å². The zero-order chi connectivity index (χ0) is 16.4. The third-order valence-corrected chi connectivity index (χ3v) is 4.73. The summed E-state index contributed by atoms with van der Waals surface area (Å²) in [6, 6.07) is 0. The van der Waals surface area contributed by atoms with E-state index in [1.807, 2.05) is 0 Å². The third kappa shape index (κ3) is 3.39. The summed E-state index contributed by atoms with van der Waals surface area (Å²) in [7, 11) is 0. The van der Waals surface area contributed by atoms with Crippen LogP contribution >= 0.6 is 11.6 Å². The lowest BCUT2D eigenvalue weighted by atomic mass is 10.1. The largest absolute Gasteiger partial charge is 0.369 e. The zero-order valence-electron chi connectivity index (χ0n) is 12.9. The fourth-order valence-electron chi connectivity index (χ4n) is 3.08. The Labute approximate surface area is 139 Å². The highest BCUT2D eigenvalue weighted by atomic mass is 35.5. The SMILES string of the molecule is NC(=O)[C@H]1CCN(C(=O)c2nc(N3CCCCC3)ncc2Cl)C1. The average molecular weight is 338 g/mol. The highest BCUT2D eigenvalue weighted by Crippen LogP contribution is 2.23. The lowest BCUT2D eigenvalue weighted by Crippen LogP contribution is -2.34. The normalized spacial score (nSPS) is 21.5. The first-order valence-corrected chi connectivity index (χ1v) is 8.30. The van der Waals surface area contributed by atoms with Gasteiger partial charge < -0.3 is 15.5 Å².